The van der Waals surface area contributed by atoms with Gasteiger partial charge in [-0.05, 0) is 105 Å². The summed E-state index contributed by atoms with van der Waals surface area (Å²) in [6.07, 6.45) is 5.32. The lowest BCUT2D eigenvalue weighted by atomic mass is 9.35. The summed E-state index contributed by atoms with van der Waals surface area (Å²) in [5.74, 6) is 0.831. The fourth-order valence-corrected chi connectivity index (χ4v) is 9.60. The van der Waals surface area contributed by atoms with Crippen LogP contribution in [-0.2, 0) is 0 Å². The molecule has 178 valence electrons. The number of fused-ring (bicyclic) bond motifs is 5. The second-order valence-electron chi connectivity index (χ2n) is 12.1. The van der Waals surface area contributed by atoms with E-state index in [0.29, 0.717) is 24.7 Å². The van der Waals surface area contributed by atoms with Gasteiger partial charge in [0.2, 0.25) is 0 Å². The molecular weight excluding hydrogens is 409 g/mol. The van der Waals surface area contributed by atoms with Crippen molar-refractivity contribution >= 4 is 0 Å². The number of rotatable bonds is 3. The minimum Gasteiger partial charge on any atom is -0.380 e. The van der Waals surface area contributed by atoms with Crippen LogP contribution < -0.4 is 0 Å². The number of hydrogen-bond acceptors (Lipinski definition) is 1. The van der Waals surface area contributed by atoms with Crippen molar-refractivity contribution in [2.75, 3.05) is 0 Å². The predicted molar refractivity (Wildman–Crippen MR) is 123 cm³/mol. The molecule has 4 fully saturated rings. The highest BCUT2D eigenvalue weighted by molar-refractivity contribution is 5.29. The Bertz CT molecular complexity index is 868. The first kappa shape index (κ1) is 23.9. The Morgan fingerprint density at radius 1 is 1.03 bits per heavy atom. The van der Waals surface area contributed by atoms with Crippen LogP contribution in [0.3, 0.4) is 0 Å². The van der Waals surface area contributed by atoms with E-state index >= 15 is 0 Å². The average molecular weight is 449 g/mol. The molecule has 0 amide bonds. The molecule has 32 heavy (non-hydrogen) atoms. The molecule has 0 aromatic heterocycles. The van der Waals surface area contributed by atoms with Crippen molar-refractivity contribution in [2.45, 2.75) is 90.3 Å². The molecule has 0 radical (unpaired) electrons. The van der Waals surface area contributed by atoms with Crippen LogP contribution in [0, 0.1) is 39.4 Å². The molecule has 0 aromatic rings. The molecule has 0 aliphatic heterocycles. The fourth-order valence-electron chi connectivity index (χ4n) is 9.60. The smallest absolute Gasteiger partial charge is 0.380 e. The van der Waals surface area contributed by atoms with E-state index in [1.165, 1.54) is 5.57 Å². The molecule has 1 nitrogen and oxygen atoms in total. The van der Waals surface area contributed by atoms with Gasteiger partial charge in [-0.15, -0.1) is 12.3 Å². The Kier molecular flexibility index (Phi) is 5.32. The first-order valence-electron chi connectivity index (χ1n) is 12.2. The van der Waals surface area contributed by atoms with Gasteiger partial charge in [0.05, 0.1) is 0 Å². The van der Waals surface area contributed by atoms with Gasteiger partial charge in [0.15, 0.2) is 5.60 Å². The predicted octanol–water partition coefficient (Wildman–Crippen LogP) is 7.78. The quantitative estimate of drug-likeness (QED) is 0.345. The minimum absolute atomic E-state index is 0.0681. The minimum atomic E-state index is -4.59. The topological polar surface area (TPSA) is 20.2 Å². The molecule has 4 rings (SSSR count). The Labute approximate surface area is 191 Å². The van der Waals surface area contributed by atoms with Crippen LogP contribution in [0.4, 0.5) is 13.2 Å². The summed E-state index contributed by atoms with van der Waals surface area (Å²) in [7, 11) is 0. The summed E-state index contributed by atoms with van der Waals surface area (Å²) in [4.78, 5) is 0. The van der Waals surface area contributed by atoms with Crippen molar-refractivity contribution in [3.8, 4) is 0 Å². The van der Waals surface area contributed by atoms with Gasteiger partial charge in [0.1, 0.15) is 0 Å². The summed E-state index contributed by atoms with van der Waals surface area (Å²) in [5.41, 5.74) is 0.925. The molecule has 1 N–H and O–H groups in total. The van der Waals surface area contributed by atoms with Gasteiger partial charge in [-0.3, -0.25) is 0 Å². The molecule has 0 spiro atoms. The van der Waals surface area contributed by atoms with Gasteiger partial charge < -0.3 is 5.11 Å². The zero-order valence-corrected chi connectivity index (χ0v) is 20.0. The summed E-state index contributed by atoms with van der Waals surface area (Å²) in [5, 5.41) is 10.6. The third-order valence-electron chi connectivity index (χ3n) is 10.9. The number of allylic oxidation sites excluding steroid dienone is 3. The van der Waals surface area contributed by atoms with Crippen LogP contribution in [0.1, 0.15) is 78.6 Å². The maximum atomic E-state index is 13.8. The first-order valence-corrected chi connectivity index (χ1v) is 12.2. The van der Waals surface area contributed by atoms with Crippen molar-refractivity contribution in [3.63, 3.8) is 0 Å². The van der Waals surface area contributed by atoms with Gasteiger partial charge in [-0.25, -0.2) is 0 Å². The van der Waals surface area contributed by atoms with Crippen LogP contribution in [0.5, 0.6) is 0 Å². The monoisotopic (exact) mass is 448 g/mol. The van der Waals surface area contributed by atoms with Crippen LogP contribution in [0.2, 0.25) is 0 Å². The molecule has 4 aliphatic rings. The molecule has 4 saturated carbocycles. The van der Waals surface area contributed by atoms with Crippen LogP contribution >= 0.6 is 0 Å². The highest BCUT2D eigenvalue weighted by Crippen LogP contribution is 2.77. The standard InChI is InChI=1S/C28H39F3O/c1-7-12-25-17-16-24(6)20(19(3)4)9-14-26(24,8-2)22(25)10-13-23(5)18-27(32,28(29,30)31)15-11-21(23)25/h8,12,20-22,32H,1-3,9-11,13-18H2,4-6H3/t20-,21+,22-,23-,24-,25-,26+,27-/m1/s1. The van der Waals surface area contributed by atoms with Crippen molar-refractivity contribution in [1.29, 1.82) is 0 Å². The third kappa shape index (κ3) is 2.81. The zero-order chi connectivity index (χ0) is 23.8. The average Bonchev–Trinajstić information content (AvgIpc) is 3.00. The maximum Gasteiger partial charge on any atom is 0.417 e. The lowest BCUT2D eigenvalue weighted by Crippen LogP contribution is -2.64. The largest absolute Gasteiger partial charge is 0.417 e. The summed E-state index contributed by atoms with van der Waals surface area (Å²) in [6.45, 7) is 19.1. The van der Waals surface area contributed by atoms with Crippen molar-refractivity contribution in [1.82, 2.24) is 0 Å². The van der Waals surface area contributed by atoms with E-state index in [1.54, 1.807) is 0 Å². The van der Waals surface area contributed by atoms with Gasteiger partial charge >= 0.3 is 6.18 Å². The Balaban J connectivity index is 1.81. The molecular formula is C28H39F3O. The highest BCUT2D eigenvalue weighted by atomic mass is 19.4. The van der Waals surface area contributed by atoms with E-state index in [2.05, 4.69) is 51.5 Å². The van der Waals surface area contributed by atoms with E-state index in [4.69, 9.17) is 0 Å². The molecule has 0 unspecified atom stereocenters. The highest BCUT2D eigenvalue weighted by Gasteiger charge is 2.72. The Morgan fingerprint density at radius 3 is 2.25 bits per heavy atom. The molecule has 8 atom stereocenters. The molecule has 0 bridgehead atoms. The van der Waals surface area contributed by atoms with Crippen LogP contribution in [0.15, 0.2) is 43.2 Å². The second-order valence-corrected chi connectivity index (χ2v) is 12.1. The van der Waals surface area contributed by atoms with E-state index in [9.17, 15) is 18.3 Å². The lowest BCUT2D eigenvalue weighted by molar-refractivity contribution is -0.297. The van der Waals surface area contributed by atoms with Gasteiger partial charge in [-0.1, -0.05) is 38.7 Å². The maximum absolute atomic E-state index is 13.8. The molecule has 4 heteroatoms. The summed E-state index contributed by atoms with van der Waals surface area (Å²) >= 11 is 0. The second kappa shape index (κ2) is 7.12. The van der Waals surface area contributed by atoms with Crippen LogP contribution in [-0.4, -0.2) is 16.9 Å². The number of alkyl halides is 3. The van der Waals surface area contributed by atoms with E-state index in [1.807, 2.05) is 6.92 Å². The Hall–Kier alpha value is -1.25. The van der Waals surface area contributed by atoms with Crippen LogP contribution in [0.25, 0.3) is 0 Å². The normalized spacial score (nSPS) is 50.4. The summed E-state index contributed by atoms with van der Waals surface area (Å²) < 4.78 is 41.4. The number of hydrogen-bond donors (Lipinski definition) is 1. The van der Waals surface area contributed by atoms with Gasteiger partial charge in [-0.2, -0.15) is 13.2 Å². The third-order valence-corrected chi connectivity index (χ3v) is 10.9. The Morgan fingerprint density at radius 2 is 1.69 bits per heavy atom. The van der Waals surface area contributed by atoms with E-state index in [-0.39, 0.29) is 35.0 Å². The number of aliphatic hydroxyl groups is 1. The van der Waals surface area contributed by atoms with Gasteiger partial charge in [0, 0.05) is 5.41 Å². The van der Waals surface area contributed by atoms with E-state index < -0.39 is 17.2 Å². The molecule has 4 aliphatic carbocycles. The van der Waals surface area contributed by atoms with E-state index in [0.717, 1.165) is 32.1 Å². The number of halogens is 3. The molecule has 0 saturated heterocycles. The van der Waals surface area contributed by atoms with Crippen molar-refractivity contribution in [2.24, 2.45) is 39.4 Å². The van der Waals surface area contributed by atoms with Crippen molar-refractivity contribution < 1.29 is 18.3 Å². The molecule has 0 heterocycles. The fraction of sp³-hybridized carbons (Fsp3) is 0.750. The first-order chi connectivity index (χ1) is 14.8. The lowest BCUT2D eigenvalue weighted by Gasteiger charge is -2.69. The molecule has 0 aromatic carbocycles. The SMILES string of the molecule is C=C=C[C@]12CC[C@]3(C)[C@@H](C(=C)C)CC[C@@]3(C=C)[C@@H]1CC[C@]1(C)C[C@@](O)(C(F)(F)F)CC[C@@H]12. The van der Waals surface area contributed by atoms with Gasteiger partial charge in [0.25, 0.3) is 0 Å². The summed E-state index contributed by atoms with van der Waals surface area (Å²) in [6, 6.07) is 0. The zero-order valence-electron chi connectivity index (χ0n) is 20.0. The van der Waals surface area contributed by atoms with Crippen molar-refractivity contribution in [3.05, 3.63) is 43.2 Å².